The van der Waals surface area contributed by atoms with E-state index in [0.717, 1.165) is 5.56 Å². The summed E-state index contributed by atoms with van der Waals surface area (Å²) in [5.74, 6) is 0.00902. The van der Waals surface area contributed by atoms with Crippen LogP contribution in [0.2, 0.25) is 0 Å². The van der Waals surface area contributed by atoms with E-state index in [1.54, 1.807) is 25.8 Å². The molecule has 0 N–H and O–H groups in total. The lowest BCUT2D eigenvalue weighted by molar-refractivity contribution is -0.125. The summed E-state index contributed by atoms with van der Waals surface area (Å²) in [4.78, 5) is 12.3. The van der Waals surface area contributed by atoms with E-state index in [0.29, 0.717) is 0 Å². The Kier molecular flexibility index (Phi) is 2.69. The van der Waals surface area contributed by atoms with Gasteiger partial charge in [0.1, 0.15) is 0 Å². The van der Waals surface area contributed by atoms with Gasteiger partial charge in [-0.2, -0.15) is 0 Å². The van der Waals surface area contributed by atoms with Crippen LogP contribution in [-0.2, 0) is 4.79 Å². The van der Waals surface area contributed by atoms with Gasteiger partial charge in [0.2, 0.25) is 5.91 Å². The molecule has 12 heavy (non-hydrogen) atoms. The van der Waals surface area contributed by atoms with Gasteiger partial charge in [-0.25, -0.2) is 0 Å². The molecule has 0 saturated carbocycles. The van der Waals surface area contributed by atoms with Gasteiger partial charge < -0.3 is 9.32 Å². The van der Waals surface area contributed by atoms with Crippen molar-refractivity contribution in [3.63, 3.8) is 0 Å². The molecule has 0 saturated heterocycles. The van der Waals surface area contributed by atoms with Crippen LogP contribution in [0.4, 0.5) is 0 Å². The first kappa shape index (κ1) is 8.59. The van der Waals surface area contributed by atoms with Crippen LogP contribution < -0.4 is 0 Å². The molecule has 1 aromatic rings. The number of hydrogen-bond acceptors (Lipinski definition) is 2. The molecule has 0 radical (unpaired) electrons. The molecule has 0 unspecified atom stereocenters. The Balaban J connectivity index is 2.56. The van der Waals surface area contributed by atoms with Gasteiger partial charge in [0, 0.05) is 25.7 Å². The predicted molar refractivity (Wildman–Crippen MR) is 46.2 cm³/mol. The van der Waals surface area contributed by atoms with Crippen LogP contribution in [0, 0.1) is 0 Å². The van der Waals surface area contributed by atoms with Gasteiger partial charge in [0.25, 0.3) is 0 Å². The standard InChI is InChI=1S/C9H11NO2/c1-8(11)10(2)5-3-9-4-6-12-7-9/h3-7H,1-2H3/b5-3+. The van der Waals surface area contributed by atoms with Crippen LogP contribution in [-0.4, -0.2) is 17.9 Å². The number of carbonyl (C=O) groups is 1. The summed E-state index contributed by atoms with van der Waals surface area (Å²) in [6, 6.07) is 1.82. The molecule has 0 bridgehead atoms. The first-order chi connectivity index (χ1) is 5.70. The highest BCUT2D eigenvalue weighted by molar-refractivity contribution is 5.74. The Morgan fingerprint density at radius 1 is 1.67 bits per heavy atom. The lowest BCUT2D eigenvalue weighted by Crippen LogP contribution is -2.16. The van der Waals surface area contributed by atoms with Crippen molar-refractivity contribution in [2.45, 2.75) is 6.92 Å². The summed E-state index contributed by atoms with van der Waals surface area (Å²) in [6.45, 7) is 1.51. The van der Waals surface area contributed by atoms with Gasteiger partial charge >= 0.3 is 0 Å². The van der Waals surface area contributed by atoms with Crippen molar-refractivity contribution in [3.8, 4) is 0 Å². The van der Waals surface area contributed by atoms with Crippen LogP contribution in [0.15, 0.2) is 29.2 Å². The number of rotatable bonds is 2. The zero-order valence-electron chi connectivity index (χ0n) is 7.15. The highest BCUT2D eigenvalue weighted by Gasteiger charge is 1.95. The van der Waals surface area contributed by atoms with E-state index in [-0.39, 0.29) is 5.91 Å². The second-order valence-electron chi connectivity index (χ2n) is 2.50. The number of carbonyl (C=O) groups excluding carboxylic acids is 1. The molecule has 64 valence electrons. The molecule has 1 aromatic heterocycles. The van der Waals surface area contributed by atoms with Crippen molar-refractivity contribution in [1.29, 1.82) is 0 Å². The minimum absolute atomic E-state index is 0.00902. The molecular formula is C9H11NO2. The molecule has 1 heterocycles. The van der Waals surface area contributed by atoms with E-state index in [1.807, 2.05) is 12.1 Å². The van der Waals surface area contributed by atoms with Crippen LogP contribution in [0.3, 0.4) is 0 Å². The third-order valence-electron chi connectivity index (χ3n) is 1.53. The minimum Gasteiger partial charge on any atom is -0.472 e. The number of amides is 1. The monoisotopic (exact) mass is 165 g/mol. The van der Waals surface area contributed by atoms with Crippen molar-refractivity contribution in [3.05, 3.63) is 30.4 Å². The highest BCUT2D eigenvalue weighted by Crippen LogP contribution is 2.02. The maximum atomic E-state index is 10.8. The maximum absolute atomic E-state index is 10.8. The number of hydrogen-bond donors (Lipinski definition) is 0. The van der Waals surface area contributed by atoms with Gasteiger partial charge in [-0.05, 0) is 12.1 Å². The first-order valence-corrected chi connectivity index (χ1v) is 3.64. The lowest BCUT2D eigenvalue weighted by atomic mass is 10.3. The number of furan rings is 1. The molecule has 0 aliphatic heterocycles. The molecule has 3 nitrogen and oxygen atoms in total. The predicted octanol–water partition coefficient (Wildman–Crippen LogP) is 1.73. The third kappa shape index (κ3) is 2.27. The van der Waals surface area contributed by atoms with E-state index in [9.17, 15) is 4.79 Å². The molecule has 0 atom stereocenters. The summed E-state index contributed by atoms with van der Waals surface area (Å²) in [5, 5.41) is 0. The van der Waals surface area contributed by atoms with Crippen molar-refractivity contribution >= 4 is 12.0 Å². The molecule has 0 aromatic carbocycles. The summed E-state index contributed by atoms with van der Waals surface area (Å²) in [7, 11) is 1.71. The highest BCUT2D eigenvalue weighted by atomic mass is 16.3. The van der Waals surface area contributed by atoms with Gasteiger partial charge in [-0.3, -0.25) is 4.79 Å². The van der Waals surface area contributed by atoms with Gasteiger partial charge in [0.05, 0.1) is 12.5 Å². The number of nitrogens with zero attached hydrogens (tertiary/aromatic N) is 1. The fourth-order valence-corrected chi connectivity index (χ4v) is 0.673. The smallest absolute Gasteiger partial charge is 0.223 e. The Bertz CT molecular complexity index is 275. The topological polar surface area (TPSA) is 33.5 Å². The molecule has 1 rings (SSSR count). The van der Waals surface area contributed by atoms with Crippen LogP contribution >= 0.6 is 0 Å². The molecule has 0 spiro atoms. The Morgan fingerprint density at radius 3 is 2.92 bits per heavy atom. The quantitative estimate of drug-likeness (QED) is 0.668. The molecule has 3 heteroatoms. The third-order valence-corrected chi connectivity index (χ3v) is 1.53. The first-order valence-electron chi connectivity index (χ1n) is 3.64. The van der Waals surface area contributed by atoms with Crippen LogP contribution in [0.1, 0.15) is 12.5 Å². The Morgan fingerprint density at radius 2 is 2.42 bits per heavy atom. The van der Waals surface area contributed by atoms with E-state index in [4.69, 9.17) is 4.42 Å². The van der Waals surface area contributed by atoms with Crippen LogP contribution in [0.5, 0.6) is 0 Å². The van der Waals surface area contributed by atoms with Gasteiger partial charge in [0.15, 0.2) is 0 Å². The summed E-state index contributed by atoms with van der Waals surface area (Å²) < 4.78 is 4.85. The second-order valence-corrected chi connectivity index (χ2v) is 2.50. The molecule has 0 fully saturated rings. The van der Waals surface area contributed by atoms with Crippen LogP contribution in [0.25, 0.3) is 6.08 Å². The van der Waals surface area contributed by atoms with Gasteiger partial charge in [-0.1, -0.05) is 0 Å². The normalized spacial score (nSPS) is 10.5. The van der Waals surface area contributed by atoms with Crippen molar-refractivity contribution in [2.75, 3.05) is 7.05 Å². The minimum atomic E-state index is 0.00902. The average molecular weight is 165 g/mol. The largest absolute Gasteiger partial charge is 0.472 e. The van der Waals surface area contributed by atoms with E-state index in [2.05, 4.69) is 0 Å². The van der Waals surface area contributed by atoms with E-state index >= 15 is 0 Å². The maximum Gasteiger partial charge on any atom is 0.223 e. The van der Waals surface area contributed by atoms with E-state index < -0.39 is 0 Å². The van der Waals surface area contributed by atoms with Crippen molar-refractivity contribution in [2.24, 2.45) is 0 Å². The Hall–Kier alpha value is -1.51. The van der Waals surface area contributed by atoms with E-state index in [1.165, 1.54) is 11.8 Å². The molecular weight excluding hydrogens is 154 g/mol. The molecule has 1 amide bonds. The zero-order valence-corrected chi connectivity index (χ0v) is 7.15. The molecule has 0 aliphatic carbocycles. The fraction of sp³-hybridized carbons (Fsp3) is 0.222. The SMILES string of the molecule is CC(=O)N(C)/C=C/c1ccoc1. The zero-order chi connectivity index (χ0) is 8.97. The fourth-order valence-electron chi connectivity index (χ4n) is 0.673. The molecule has 0 aliphatic rings. The van der Waals surface area contributed by atoms with Crippen molar-refractivity contribution in [1.82, 2.24) is 4.90 Å². The van der Waals surface area contributed by atoms with Crippen molar-refractivity contribution < 1.29 is 9.21 Å². The lowest BCUT2D eigenvalue weighted by Gasteiger charge is -2.06. The summed E-state index contributed by atoms with van der Waals surface area (Å²) in [6.07, 6.45) is 6.72. The summed E-state index contributed by atoms with van der Waals surface area (Å²) in [5.41, 5.74) is 0.947. The van der Waals surface area contributed by atoms with Gasteiger partial charge in [-0.15, -0.1) is 0 Å². The Labute approximate surface area is 71.3 Å². The second kappa shape index (κ2) is 3.76. The average Bonchev–Trinajstić information content (AvgIpc) is 2.51. The summed E-state index contributed by atoms with van der Waals surface area (Å²) >= 11 is 0.